The summed E-state index contributed by atoms with van der Waals surface area (Å²) in [7, 11) is 0. The van der Waals surface area contributed by atoms with Gasteiger partial charge in [-0.2, -0.15) is 20.5 Å². The minimum atomic E-state index is -0.741. The smallest absolute Gasteiger partial charge is 0.212 e. The molecule has 50 heavy (non-hydrogen) atoms. The third-order valence-electron chi connectivity index (χ3n) is 12.3. The van der Waals surface area contributed by atoms with E-state index in [-0.39, 0.29) is 0 Å². The van der Waals surface area contributed by atoms with Gasteiger partial charge in [-0.15, -0.1) is 0 Å². The predicted molar refractivity (Wildman–Crippen MR) is 207 cm³/mol. The second-order valence-corrected chi connectivity index (χ2v) is 15.8. The highest BCUT2D eigenvalue weighted by Gasteiger charge is 2.41. The number of unbranched alkanes of at least 4 members (excludes halogenated alkanes) is 6. The van der Waals surface area contributed by atoms with E-state index < -0.39 is 22.7 Å². The maximum Gasteiger partial charge on any atom is 0.212 e. The van der Waals surface area contributed by atoms with Crippen molar-refractivity contribution < 1.29 is 19.6 Å². The maximum absolute atomic E-state index is 6.63. The van der Waals surface area contributed by atoms with E-state index in [0.29, 0.717) is 12.1 Å². The van der Waals surface area contributed by atoms with Crippen molar-refractivity contribution in [3.63, 3.8) is 0 Å². The summed E-state index contributed by atoms with van der Waals surface area (Å²) in [6.07, 6.45) is 29.6. The molecule has 0 aliphatic heterocycles. The molecular formula is C42H82N4O4. The van der Waals surface area contributed by atoms with Crippen molar-refractivity contribution in [1.82, 2.24) is 0 Å². The molecule has 0 bridgehead atoms. The molecule has 2 saturated carbocycles. The molecule has 294 valence electrons. The Labute approximate surface area is 309 Å². The van der Waals surface area contributed by atoms with Crippen LogP contribution in [0.1, 0.15) is 235 Å². The topological polar surface area (TPSA) is 86.4 Å². The van der Waals surface area contributed by atoms with Crippen LogP contribution in [0.2, 0.25) is 0 Å². The van der Waals surface area contributed by atoms with Crippen LogP contribution < -0.4 is 0 Å². The van der Waals surface area contributed by atoms with Gasteiger partial charge in [0, 0.05) is 12.8 Å². The van der Waals surface area contributed by atoms with Crippen LogP contribution in [0.15, 0.2) is 20.5 Å². The SMILES string of the molecule is CCCCCCC(CC)(N=NC1CCCCC1)OOC(CC)(CC)CCC(CC)(CC)OOC(CC)(CCCCCC)N=NC1CCCCC1. The fourth-order valence-electron chi connectivity index (χ4n) is 7.57. The maximum atomic E-state index is 6.63. The third-order valence-corrected chi connectivity index (χ3v) is 12.3. The molecule has 0 saturated heterocycles. The van der Waals surface area contributed by atoms with Gasteiger partial charge in [-0.05, 0) is 89.9 Å². The van der Waals surface area contributed by atoms with Gasteiger partial charge in [0.15, 0.2) is 0 Å². The molecule has 0 radical (unpaired) electrons. The van der Waals surface area contributed by atoms with Gasteiger partial charge in [-0.25, -0.2) is 19.6 Å². The van der Waals surface area contributed by atoms with Gasteiger partial charge in [0.25, 0.3) is 0 Å². The Morgan fingerprint density at radius 1 is 0.400 bits per heavy atom. The normalized spacial score (nSPS) is 19.8. The Morgan fingerprint density at radius 2 is 0.760 bits per heavy atom. The van der Waals surface area contributed by atoms with Crippen LogP contribution in [0, 0.1) is 0 Å². The lowest BCUT2D eigenvalue weighted by Gasteiger charge is -2.39. The van der Waals surface area contributed by atoms with Crippen molar-refractivity contribution in [2.45, 2.75) is 270 Å². The van der Waals surface area contributed by atoms with Crippen LogP contribution in [0.5, 0.6) is 0 Å². The zero-order valence-corrected chi connectivity index (χ0v) is 34.4. The highest BCUT2D eigenvalue weighted by molar-refractivity contribution is 4.86. The van der Waals surface area contributed by atoms with Gasteiger partial charge >= 0.3 is 0 Å². The van der Waals surface area contributed by atoms with Crippen molar-refractivity contribution in [1.29, 1.82) is 0 Å². The summed E-state index contributed by atoms with van der Waals surface area (Å²) in [5, 5.41) is 19.7. The second kappa shape index (κ2) is 25.1. The molecule has 2 fully saturated rings. The number of hydrogen-bond donors (Lipinski definition) is 0. The van der Waals surface area contributed by atoms with Crippen LogP contribution in [0.3, 0.4) is 0 Å². The molecule has 0 aromatic heterocycles. The molecule has 0 spiro atoms. The van der Waals surface area contributed by atoms with Crippen molar-refractivity contribution in [3.05, 3.63) is 0 Å². The van der Waals surface area contributed by atoms with Gasteiger partial charge < -0.3 is 0 Å². The fourth-order valence-corrected chi connectivity index (χ4v) is 7.57. The Bertz CT molecular complexity index is 824. The highest BCUT2D eigenvalue weighted by Crippen LogP contribution is 2.39. The molecule has 2 unspecified atom stereocenters. The fraction of sp³-hybridized carbons (Fsp3) is 1.00. The lowest BCUT2D eigenvalue weighted by molar-refractivity contribution is -0.430. The van der Waals surface area contributed by atoms with Gasteiger partial charge in [0.2, 0.25) is 11.4 Å². The van der Waals surface area contributed by atoms with E-state index >= 15 is 0 Å². The average Bonchev–Trinajstić information content (AvgIpc) is 3.18. The Hall–Kier alpha value is -0.960. The van der Waals surface area contributed by atoms with Gasteiger partial charge in [-0.1, -0.05) is 132 Å². The van der Waals surface area contributed by atoms with Crippen molar-refractivity contribution in [2.24, 2.45) is 20.5 Å². The molecule has 2 aliphatic carbocycles. The number of nitrogens with zero attached hydrogens (tertiary/aromatic N) is 4. The summed E-state index contributed by atoms with van der Waals surface area (Å²) in [6.45, 7) is 17.7. The zero-order chi connectivity index (χ0) is 36.6. The molecule has 0 N–H and O–H groups in total. The largest absolute Gasteiger partial charge is 0.228 e. The van der Waals surface area contributed by atoms with E-state index in [4.69, 9.17) is 40.0 Å². The minimum Gasteiger partial charge on any atom is -0.228 e. The number of hydrogen-bond acceptors (Lipinski definition) is 8. The number of azo groups is 2. The van der Waals surface area contributed by atoms with Crippen LogP contribution in [-0.4, -0.2) is 34.7 Å². The predicted octanol–water partition coefficient (Wildman–Crippen LogP) is 14.5. The summed E-state index contributed by atoms with van der Waals surface area (Å²) in [4.78, 5) is 26.4. The molecule has 0 amide bonds. The second-order valence-electron chi connectivity index (χ2n) is 15.8. The molecule has 2 rings (SSSR count). The summed E-state index contributed by atoms with van der Waals surface area (Å²) in [5.41, 5.74) is -2.39. The van der Waals surface area contributed by atoms with E-state index in [9.17, 15) is 0 Å². The van der Waals surface area contributed by atoms with E-state index in [1.165, 1.54) is 77.0 Å². The average molecular weight is 707 g/mol. The van der Waals surface area contributed by atoms with Crippen molar-refractivity contribution in [2.75, 3.05) is 0 Å². The highest BCUT2D eigenvalue weighted by atomic mass is 17.2. The molecule has 8 heteroatoms. The molecule has 8 nitrogen and oxygen atoms in total. The number of rotatable bonds is 29. The van der Waals surface area contributed by atoms with Crippen LogP contribution >= 0.6 is 0 Å². The van der Waals surface area contributed by atoms with Crippen LogP contribution in [0.25, 0.3) is 0 Å². The summed E-state index contributed by atoms with van der Waals surface area (Å²) < 4.78 is 0. The summed E-state index contributed by atoms with van der Waals surface area (Å²) in [5.74, 6) is 0. The van der Waals surface area contributed by atoms with Gasteiger partial charge in [-0.3, -0.25) is 0 Å². The molecule has 0 aromatic carbocycles. The summed E-state index contributed by atoms with van der Waals surface area (Å²) in [6, 6.07) is 0.624. The Balaban J connectivity index is 2.21. The first-order chi connectivity index (χ1) is 24.3. The first-order valence-corrected chi connectivity index (χ1v) is 21.8. The quantitative estimate of drug-likeness (QED) is 0.0335. The monoisotopic (exact) mass is 707 g/mol. The van der Waals surface area contributed by atoms with Crippen molar-refractivity contribution >= 4 is 0 Å². The molecule has 2 atom stereocenters. The molecule has 2 aliphatic rings. The van der Waals surface area contributed by atoms with E-state index in [1.54, 1.807) is 0 Å². The van der Waals surface area contributed by atoms with Crippen molar-refractivity contribution in [3.8, 4) is 0 Å². The lowest BCUT2D eigenvalue weighted by Crippen LogP contribution is -2.42. The van der Waals surface area contributed by atoms with E-state index in [2.05, 4.69) is 55.4 Å². The van der Waals surface area contributed by atoms with E-state index in [0.717, 1.165) is 103 Å². The van der Waals surface area contributed by atoms with Gasteiger partial charge in [0.1, 0.15) is 11.2 Å². The zero-order valence-electron chi connectivity index (χ0n) is 34.4. The van der Waals surface area contributed by atoms with E-state index in [1.807, 2.05) is 0 Å². The first-order valence-electron chi connectivity index (χ1n) is 21.8. The Kier molecular flexibility index (Phi) is 22.7. The Morgan fingerprint density at radius 3 is 1.06 bits per heavy atom. The van der Waals surface area contributed by atoms with Crippen LogP contribution in [-0.2, 0) is 19.6 Å². The molecule has 0 heterocycles. The first kappa shape index (κ1) is 45.2. The van der Waals surface area contributed by atoms with Gasteiger partial charge in [0.05, 0.1) is 12.1 Å². The third kappa shape index (κ3) is 15.6. The van der Waals surface area contributed by atoms with Crippen LogP contribution in [0.4, 0.5) is 0 Å². The summed E-state index contributed by atoms with van der Waals surface area (Å²) >= 11 is 0. The lowest BCUT2D eigenvalue weighted by atomic mass is 9.83. The molecular weight excluding hydrogens is 624 g/mol. The standard InChI is InChI=1S/C42H82N4O4/c1-9-17-19-27-33-41(15-7,45-43-37-29-23-21-24-30-37)49-47-39(11-3,12-4)35-36-40(13-5,14-6)48-50-42(16-8,34-28-20-18-10-2)46-44-38-31-25-22-26-32-38/h37-38H,9-36H2,1-8H3. The molecule has 0 aromatic rings. The minimum absolute atomic E-state index is 0.312.